The second-order valence-corrected chi connectivity index (χ2v) is 9.46. The van der Waals surface area contributed by atoms with E-state index in [0.717, 1.165) is 6.42 Å². The first-order valence-corrected chi connectivity index (χ1v) is 11.4. The van der Waals surface area contributed by atoms with Gasteiger partial charge in [0, 0.05) is 5.56 Å². The van der Waals surface area contributed by atoms with Crippen LogP contribution in [0.1, 0.15) is 34.1 Å². The molecule has 0 aromatic heterocycles. The molecule has 2 aromatic rings. The van der Waals surface area contributed by atoms with Gasteiger partial charge in [0.1, 0.15) is 0 Å². The summed E-state index contributed by atoms with van der Waals surface area (Å²) in [5, 5.41) is 0. The zero-order chi connectivity index (χ0) is 22.9. The normalized spacial score (nSPS) is 31.7. The highest BCUT2D eigenvalue weighted by atomic mass is 16.5. The topological polar surface area (TPSA) is 80.8 Å². The molecule has 0 unspecified atom stereocenters. The van der Waals surface area contributed by atoms with Gasteiger partial charge in [-0.25, -0.2) is 9.69 Å². The lowest BCUT2D eigenvalue weighted by atomic mass is 9.63. The number of anilines is 1. The van der Waals surface area contributed by atoms with Gasteiger partial charge in [-0.3, -0.25) is 14.4 Å². The molecular formula is C27H23NO5. The molecule has 6 heteroatoms. The van der Waals surface area contributed by atoms with E-state index >= 15 is 0 Å². The second-order valence-electron chi connectivity index (χ2n) is 9.46. The van der Waals surface area contributed by atoms with Gasteiger partial charge in [-0.05, 0) is 49.1 Å². The lowest BCUT2D eigenvalue weighted by Gasteiger charge is -2.37. The number of ketones is 1. The number of hydrogen-bond acceptors (Lipinski definition) is 5. The van der Waals surface area contributed by atoms with Crippen LogP contribution in [0, 0.1) is 35.5 Å². The van der Waals surface area contributed by atoms with Gasteiger partial charge in [-0.15, -0.1) is 0 Å². The third kappa shape index (κ3) is 2.93. The molecule has 166 valence electrons. The van der Waals surface area contributed by atoms with Crippen LogP contribution in [0.2, 0.25) is 0 Å². The first-order valence-electron chi connectivity index (χ1n) is 11.4. The second kappa shape index (κ2) is 7.24. The van der Waals surface area contributed by atoms with Crippen molar-refractivity contribution in [2.75, 3.05) is 4.90 Å². The zero-order valence-electron chi connectivity index (χ0n) is 18.1. The Morgan fingerprint density at radius 1 is 0.879 bits per heavy atom. The maximum Gasteiger partial charge on any atom is 0.340 e. The average molecular weight is 441 g/mol. The molecule has 2 amide bonds. The van der Waals surface area contributed by atoms with Gasteiger partial charge in [0.15, 0.2) is 6.10 Å². The van der Waals surface area contributed by atoms with Crippen LogP contribution in [0.4, 0.5) is 5.69 Å². The van der Waals surface area contributed by atoms with Crippen LogP contribution >= 0.6 is 0 Å². The number of ether oxygens (including phenoxy) is 1. The number of rotatable bonds is 5. The molecule has 3 fully saturated rings. The highest BCUT2D eigenvalue weighted by molar-refractivity contribution is 6.24. The van der Waals surface area contributed by atoms with Gasteiger partial charge in [0.2, 0.25) is 17.6 Å². The number of carbonyl (C=O) groups excluding carboxylic acids is 4. The predicted molar refractivity (Wildman–Crippen MR) is 119 cm³/mol. The quantitative estimate of drug-likeness (QED) is 0.306. The largest absolute Gasteiger partial charge is 0.451 e. The fourth-order valence-corrected chi connectivity index (χ4v) is 6.15. The summed E-state index contributed by atoms with van der Waals surface area (Å²) in [5.41, 5.74) is 0.789. The molecule has 1 aliphatic heterocycles. The summed E-state index contributed by atoms with van der Waals surface area (Å²) in [4.78, 5) is 53.8. The summed E-state index contributed by atoms with van der Waals surface area (Å²) in [7, 11) is 0. The summed E-state index contributed by atoms with van der Waals surface area (Å²) < 4.78 is 5.47. The zero-order valence-corrected chi connectivity index (χ0v) is 18.1. The maximum absolute atomic E-state index is 13.5. The molecule has 0 N–H and O–H groups in total. The lowest BCUT2D eigenvalue weighted by Crippen LogP contribution is -2.40. The van der Waals surface area contributed by atoms with Crippen LogP contribution in [0.15, 0.2) is 66.7 Å². The number of Topliss-reactive ketones (excluding diaryl/α,β-unsaturated/α-hetero) is 1. The SMILES string of the molecule is C[C@H](OC(=O)c1ccccc1N1C(=O)[C@@H]2[C@H]3C=C[C@@H]([C@@H]4C[C@@H]34)[C@@H]2C1=O)C(=O)c1ccccc1. The molecule has 7 atom stereocenters. The van der Waals surface area contributed by atoms with Crippen molar-refractivity contribution in [2.24, 2.45) is 35.5 Å². The smallest absolute Gasteiger partial charge is 0.340 e. The van der Waals surface area contributed by atoms with Crippen LogP contribution in [0.25, 0.3) is 0 Å². The Kier molecular flexibility index (Phi) is 4.41. The molecule has 2 bridgehead atoms. The molecule has 7 rings (SSSR count). The van der Waals surface area contributed by atoms with Gasteiger partial charge in [0.05, 0.1) is 23.1 Å². The molecule has 2 aromatic carbocycles. The third-order valence-electron chi connectivity index (χ3n) is 7.74. The van der Waals surface area contributed by atoms with Gasteiger partial charge < -0.3 is 4.74 Å². The lowest BCUT2D eigenvalue weighted by molar-refractivity contribution is -0.124. The molecule has 2 saturated carbocycles. The van der Waals surface area contributed by atoms with E-state index < -0.39 is 12.1 Å². The summed E-state index contributed by atoms with van der Waals surface area (Å²) in [5.74, 6) is -0.997. The molecule has 1 saturated heterocycles. The number of amides is 2. The minimum Gasteiger partial charge on any atom is -0.451 e. The minimum absolute atomic E-state index is 0.106. The van der Waals surface area contributed by atoms with E-state index in [9.17, 15) is 19.2 Å². The van der Waals surface area contributed by atoms with Crippen molar-refractivity contribution in [1.82, 2.24) is 0 Å². The number of para-hydroxylation sites is 1. The monoisotopic (exact) mass is 441 g/mol. The van der Waals surface area contributed by atoms with Crippen molar-refractivity contribution in [1.29, 1.82) is 0 Å². The van der Waals surface area contributed by atoms with E-state index in [0.29, 0.717) is 17.4 Å². The van der Waals surface area contributed by atoms with Crippen LogP contribution in [-0.4, -0.2) is 29.7 Å². The average Bonchev–Trinajstić information content (AvgIpc) is 3.62. The number of nitrogens with zero attached hydrogens (tertiary/aromatic N) is 1. The molecule has 0 spiro atoms. The van der Waals surface area contributed by atoms with E-state index in [4.69, 9.17) is 4.74 Å². The number of imide groups is 1. The van der Waals surface area contributed by atoms with Crippen molar-refractivity contribution in [3.8, 4) is 0 Å². The standard InChI is InChI=1S/C27H23NO5/c1-14(24(29)15-7-3-2-4-8-15)33-27(32)18-9-5-6-10-21(18)28-25(30)22-16-11-12-17(20-13-19(16)20)23(22)26(28)31/h2-12,14,16-17,19-20,22-23H,13H2,1H3/t14-,16-,17-,19-,20-,22-,23+/m0/s1. The highest BCUT2D eigenvalue weighted by Gasteiger charge is 2.67. The highest BCUT2D eigenvalue weighted by Crippen LogP contribution is 2.65. The summed E-state index contributed by atoms with van der Waals surface area (Å²) >= 11 is 0. The first-order chi connectivity index (χ1) is 16.0. The minimum atomic E-state index is -1.01. The fraction of sp³-hybridized carbons (Fsp3) is 0.333. The van der Waals surface area contributed by atoms with Gasteiger partial charge in [0.25, 0.3) is 0 Å². The first kappa shape index (κ1) is 20.1. The maximum atomic E-state index is 13.5. The Labute approximate surface area is 191 Å². The van der Waals surface area contributed by atoms with Crippen molar-refractivity contribution in [3.05, 3.63) is 77.9 Å². The number of carbonyl (C=O) groups is 4. The Bertz CT molecular complexity index is 1180. The molecule has 6 nitrogen and oxygen atoms in total. The van der Waals surface area contributed by atoms with E-state index in [-0.39, 0.29) is 52.5 Å². The summed E-state index contributed by atoms with van der Waals surface area (Å²) in [6.07, 6.45) is 4.32. The molecule has 4 aliphatic carbocycles. The van der Waals surface area contributed by atoms with Crippen molar-refractivity contribution >= 4 is 29.3 Å². The number of esters is 1. The number of allylic oxidation sites excluding steroid dienone is 2. The van der Waals surface area contributed by atoms with E-state index in [1.807, 2.05) is 0 Å². The Balaban J connectivity index is 1.27. The molecule has 5 aliphatic rings. The molecule has 1 heterocycles. The van der Waals surface area contributed by atoms with Gasteiger partial charge >= 0.3 is 5.97 Å². The Morgan fingerprint density at radius 3 is 2.09 bits per heavy atom. The van der Waals surface area contributed by atoms with Gasteiger partial charge in [-0.1, -0.05) is 54.6 Å². The number of benzene rings is 2. The molecule has 0 radical (unpaired) electrons. The summed E-state index contributed by atoms with van der Waals surface area (Å²) in [6, 6.07) is 15.1. The van der Waals surface area contributed by atoms with E-state index in [1.54, 1.807) is 48.5 Å². The Hall–Kier alpha value is -3.54. The van der Waals surface area contributed by atoms with Crippen LogP contribution in [-0.2, 0) is 14.3 Å². The molecule has 33 heavy (non-hydrogen) atoms. The molecular weight excluding hydrogens is 418 g/mol. The van der Waals surface area contributed by atoms with Crippen LogP contribution < -0.4 is 4.90 Å². The Morgan fingerprint density at radius 2 is 1.45 bits per heavy atom. The van der Waals surface area contributed by atoms with E-state index in [2.05, 4.69) is 12.2 Å². The van der Waals surface area contributed by atoms with Crippen molar-refractivity contribution in [3.63, 3.8) is 0 Å². The fourth-order valence-electron chi connectivity index (χ4n) is 6.15. The van der Waals surface area contributed by atoms with Gasteiger partial charge in [-0.2, -0.15) is 0 Å². The summed E-state index contributed by atoms with van der Waals surface area (Å²) in [6.45, 7) is 1.52. The van der Waals surface area contributed by atoms with Crippen molar-refractivity contribution < 1.29 is 23.9 Å². The number of hydrogen-bond donors (Lipinski definition) is 0. The van der Waals surface area contributed by atoms with Crippen LogP contribution in [0.5, 0.6) is 0 Å². The van der Waals surface area contributed by atoms with Crippen molar-refractivity contribution in [2.45, 2.75) is 19.4 Å². The third-order valence-corrected chi connectivity index (χ3v) is 7.74. The van der Waals surface area contributed by atoms with Crippen LogP contribution in [0.3, 0.4) is 0 Å². The van der Waals surface area contributed by atoms with E-state index in [1.165, 1.54) is 17.9 Å². The predicted octanol–water partition coefficient (Wildman–Crippen LogP) is 3.67.